The molecule has 2 N–H and O–H groups in total. The number of nitrogens with one attached hydrogen (secondary N) is 1. The largest absolute Gasteiger partial charge is 0.444 e. The van der Waals surface area contributed by atoms with E-state index >= 15 is 0 Å². The van der Waals surface area contributed by atoms with E-state index < -0.39 is 20.1 Å². The van der Waals surface area contributed by atoms with Crippen molar-refractivity contribution in [2.45, 2.75) is 32.8 Å². The summed E-state index contributed by atoms with van der Waals surface area (Å²) in [4.78, 5) is 32.6. The van der Waals surface area contributed by atoms with E-state index in [4.69, 9.17) is 9.26 Å². The smallest absolute Gasteiger partial charge is 0.407 e. The Balaban J connectivity index is 3.76. The Morgan fingerprint density at radius 3 is 2.29 bits per heavy atom. The van der Waals surface area contributed by atoms with E-state index in [1.807, 2.05) is 21.1 Å². The molecule has 0 aromatic carbocycles. The van der Waals surface area contributed by atoms with Gasteiger partial charge >= 0.3 is 6.09 Å². The van der Waals surface area contributed by atoms with Crippen molar-refractivity contribution < 1.29 is 28.2 Å². The molecule has 1 amide bonds. The lowest BCUT2D eigenvalue weighted by Gasteiger charge is -2.23. The summed E-state index contributed by atoms with van der Waals surface area (Å²) in [5.41, 5.74) is -0.824. The van der Waals surface area contributed by atoms with Crippen molar-refractivity contribution in [2.24, 2.45) is 0 Å². The summed E-state index contributed by atoms with van der Waals surface area (Å²) in [7, 11) is 3.54. The number of amides is 1. The van der Waals surface area contributed by atoms with Crippen molar-refractivity contribution in [2.75, 3.05) is 40.8 Å². The highest BCUT2D eigenvalue weighted by atomic mass is 31.2. The standard InChI is InChI=1S/C13H27N2O5P/c1-13(2,3)20-12(17)14-8-7-9-19-21(18)11(16)10-15(4,5)6/h18H,7-10H2,1-6H3/p+1. The lowest BCUT2D eigenvalue weighted by atomic mass is 10.2. The van der Waals surface area contributed by atoms with E-state index in [-0.39, 0.29) is 18.7 Å². The van der Waals surface area contributed by atoms with Gasteiger partial charge in [-0.1, -0.05) is 0 Å². The predicted octanol–water partition coefficient (Wildman–Crippen LogP) is 1.45. The van der Waals surface area contributed by atoms with E-state index in [0.717, 1.165) is 0 Å². The molecule has 0 aliphatic carbocycles. The van der Waals surface area contributed by atoms with Crippen LogP contribution in [0.4, 0.5) is 4.79 Å². The molecule has 0 rings (SSSR count). The number of hydrogen-bond donors (Lipinski definition) is 2. The number of carbonyl (C=O) groups excluding carboxylic acids is 2. The van der Waals surface area contributed by atoms with Crippen molar-refractivity contribution in [1.29, 1.82) is 0 Å². The van der Waals surface area contributed by atoms with Gasteiger partial charge < -0.3 is 24.0 Å². The van der Waals surface area contributed by atoms with Crippen LogP contribution in [0.1, 0.15) is 27.2 Å². The fourth-order valence-electron chi connectivity index (χ4n) is 1.27. The number of carbonyl (C=O) groups is 2. The molecule has 0 aliphatic rings. The van der Waals surface area contributed by atoms with Crippen LogP contribution in [0.3, 0.4) is 0 Å². The Hall–Kier alpha value is -0.750. The molecular weight excluding hydrogens is 295 g/mol. The average Bonchev–Trinajstić information content (AvgIpc) is 2.23. The van der Waals surface area contributed by atoms with Crippen molar-refractivity contribution in [3.63, 3.8) is 0 Å². The van der Waals surface area contributed by atoms with Crippen molar-refractivity contribution in [1.82, 2.24) is 5.32 Å². The Kier molecular flexibility index (Phi) is 8.33. The second kappa shape index (κ2) is 8.63. The molecule has 21 heavy (non-hydrogen) atoms. The number of nitrogens with zero attached hydrogens (tertiary/aromatic N) is 1. The minimum Gasteiger partial charge on any atom is -0.444 e. The molecule has 0 spiro atoms. The van der Waals surface area contributed by atoms with E-state index in [0.29, 0.717) is 17.4 Å². The molecule has 1 atom stereocenters. The maximum atomic E-state index is 11.6. The molecule has 0 saturated carbocycles. The van der Waals surface area contributed by atoms with E-state index in [1.165, 1.54) is 0 Å². The van der Waals surface area contributed by atoms with Crippen molar-refractivity contribution in [3.8, 4) is 0 Å². The van der Waals surface area contributed by atoms with E-state index in [1.54, 1.807) is 20.8 Å². The molecular formula is C13H28N2O5P+. The van der Waals surface area contributed by atoms with Crippen LogP contribution in [0.25, 0.3) is 0 Å². The lowest BCUT2D eigenvalue weighted by molar-refractivity contribution is -0.861. The number of quaternary nitrogens is 1. The number of likely N-dealkylation sites (N-methyl/N-ethyl adjacent to an activating group) is 1. The molecule has 0 heterocycles. The quantitative estimate of drug-likeness (QED) is 0.401. The van der Waals surface area contributed by atoms with Crippen LogP contribution in [0.5, 0.6) is 0 Å². The molecule has 0 bridgehead atoms. The average molecular weight is 323 g/mol. The minimum atomic E-state index is -2.06. The Bertz CT molecular complexity index is 349. The Morgan fingerprint density at radius 1 is 1.24 bits per heavy atom. The van der Waals surface area contributed by atoms with Gasteiger partial charge in [0.2, 0.25) is 8.38 Å². The van der Waals surface area contributed by atoms with Crippen LogP contribution in [0.2, 0.25) is 0 Å². The zero-order valence-corrected chi connectivity index (χ0v) is 14.7. The van der Waals surface area contributed by atoms with Crippen LogP contribution in [0, 0.1) is 0 Å². The summed E-state index contributed by atoms with van der Waals surface area (Å²) in [5.74, 6) is 0. The summed E-state index contributed by atoms with van der Waals surface area (Å²) in [6.07, 6.45) is 0.00546. The molecule has 0 aliphatic heterocycles. The molecule has 8 heteroatoms. The van der Waals surface area contributed by atoms with Crippen LogP contribution in [-0.2, 0) is 14.1 Å². The highest BCUT2D eigenvalue weighted by Crippen LogP contribution is 2.32. The summed E-state index contributed by atoms with van der Waals surface area (Å²) < 4.78 is 10.6. The first-order valence-electron chi connectivity index (χ1n) is 6.83. The van der Waals surface area contributed by atoms with Crippen LogP contribution in [-0.4, -0.2) is 67.4 Å². The first-order chi connectivity index (χ1) is 9.41. The summed E-state index contributed by atoms with van der Waals surface area (Å²) >= 11 is 0. The maximum Gasteiger partial charge on any atom is 0.407 e. The topological polar surface area (TPSA) is 84.9 Å². The number of hydrogen-bond acceptors (Lipinski definition) is 5. The number of rotatable bonds is 8. The summed E-state index contributed by atoms with van der Waals surface area (Å²) in [6.45, 7) is 6.15. The fraction of sp³-hybridized carbons (Fsp3) is 0.846. The van der Waals surface area contributed by atoms with Crippen LogP contribution < -0.4 is 5.32 Å². The van der Waals surface area contributed by atoms with Gasteiger partial charge in [0, 0.05) is 6.54 Å². The summed E-state index contributed by atoms with van der Waals surface area (Å²) in [5, 5.41) is 2.58. The zero-order valence-electron chi connectivity index (χ0n) is 13.8. The number of ether oxygens (including phenoxy) is 1. The van der Waals surface area contributed by atoms with Crippen LogP contribution in [0.15, 0.2) is 0 Å². The van der Waals surface area contributed by atoms with Gasteiger partial charge in [-0.2, -0.15) is 0 Å². The SMILES string of the molecule is CC(C)(C)OC(=O)NCCCOP(O)C(=O)C[N+](C)(C)C. The first kappa shape index (κ1) is 20.2. The second-order valence-corrected chi connectivity index (χ2v) is 8.03. The number of alkyl carbamates (subject to hydrolysis) is 1. The lowest BCUT2D eigenvalue weighted by Crippen LogP contribution is -2.39. The van der Waals surface area contributed by atoms with E-state index in [2.05, 4.69) is 5.32 Å². The van der Waals surface area contributed by atoms with Gasteiger partial charge in [-0.3, -0.25) is 4.79 Å². The maximum absolute atomic E-state index is 11.6. The molecule has 0 saturated heterocycles. The molecule has 7 nitrogen and oxygen atoms in total. The highest BCUT2D eigenvalue weighted by molar-refractivity contribution is 7.65. The van der Waals surface area contributed by atoms with Gasteiger partial charge in [-0.05, 0) is 27.2 Å². The summed E-state index contributed by atoms with van der Waals surface area (Å²) in [6, 6.07) is 0. The van der Waals surface area contributed by atoms with E-state index in [9.17, 15) is 14.5 Å². The fourth-order valence-corrected chi connectivity index (χ4v) is 2.26. The highest BCUT2D eigenvalue weighted by Gasteiger charge is 2.23. The van der Waals surface area contributed by atoms with Gasteiger partial charge in [-0.25, -0.2) is 4.79 Å². The normalized spacial score (nSPS) is 13.7. The van der Waals surface area contributed by atoms with Gasteiger partial charge in [0.1, 0.15) is 12.1 Å². The Morgan fingerprint density at radius 2 is 1.81 bits per heavy atom. The molecule has 0 aromatic rings. The van der Waals surface area contributed by atoms with Gasteiger partial charge in [-0.15, -0.1) is 0 Å². The second-order valence-electron chi connectivity index (χ2n) is 6.73. The van der Waals surface area contributed by atoms with Gasteiger partial charge in [0.05, 0.1) is 27.7 Å². The Labute approximate surface area is 128 Å². The van der Waals surface area contributed by atoms with Gasteiger partial charge in [0.25, 0.3) is 5.52 Å². The molecule has 1 unspecified atom stereocenters. The predicted molar refractivity (Wildman–Crippen MR) is 81.9 cm³/mol. The minimum absolute atomic E-state index is 0.209. The third-order valence-corrected chi connectivity index (χ3v) is 3.02. The van der Waals surface area contributed by atoms with Crippen LogP contribution >= 0.6 is 8.38 Å². The third kappa shape index (κ3) is 12.7. The molecule has 0 fully saturated rings. The van der Waals surface area contributed by atoms with Gasteiger partial charge in [0.15, 0.2) is 0 Å². The third-order valence-electron chi connectivity index (χ3n) is 2.03. The van der Waals surface area contributed by atoms with Crippen molar-refractivity contribution >= 4 is 20.0 Å². The van der Waals surface area contributed by atoms with Crippen molar-refractivity contribution in [3.05, 3.63) is 0 Å². The molecule has 0 aromatic heterocycles. The zero-order chi connectivity index (χ0) is 16.7. The molecule has 0 radical (unpaired) electrons. The first-order valence-corrected chi connectivity index (χ1v) is 8.04. The monoisotopic (exact) mass is 323 g/mol. The molecule has 124 valence electrons.